The fourth-order valence-electron chi connectivity index (χ4n) is 3.31. The lowest BCUT2D eigenvalue weighted by molar-refractivity contribution is -0.115. The SMILES string of the molecule is C=C(C)C1CCC(CO)C2CC(=O)C(C)=C2C1. The second-order valence-electron chi connectivity index (χ2n) is 5.65. The van der Waals surface area contributed by atoms with Crippen LogP contribution in [0.15, 0.2) is 23.3 Å². The summed E-state index contributed by atoms with van der Waals surface area (Å²) in [4.78, 5) is 11.8. The average Bonchev–Trinajstić information content (AvgIpc) is 2.50. The molecule has 0 spiro atoms. The van der Waals surface area contributed by atoms with Crippen LogP contribution >= 0.6 is 0 Å². The highest BCUT2D eigenvalue weighted by Gasteiger charge is 2.38. The summed E-state index contributed by atoms with van der Waals surface area (Å²) in [5.41, 5.74) is 3.48. The Labute approximate surface area is 103 Å². The van der Waals surface area contributed by atoms with Crippen LogP contribution < -0.4 is 0 Å². The first-order chi connectivity index (χ1) is 8.04. The second kappa shape index (κ2) is 4.77. The van der Waals surface area contributed by atoms with E-state index in [0.29, 0.717) is 18.3 Å². The molecule has 94 valence electrons. The van der Waals surface area contributed by atoms with Gasteiger partial charge in [-0.3, -0.25) is 4.79 Å². The summed E-state index contributed by atoms with van der Waals surface area (Å²) in [5.74, 6) is 1.35. The highest BCUT2D eigenvalue weighted by Crippen LogP contribution is 2.44. The molecule has 2 heteroatoms. The molecule has 0 aromatic heterocycles. The first-order valence-corrected chi connectivity index (χ1v) is 6.53. The molecule has 2 aliphatic rings. The molecular formula is C15H22O2. The molecule has 0 aromatic rings. The van der Waals surface area contributed by atoms with Crippen LogP contribution in [-0.4, -0.2) is 17.5 Å². The van der Waals surface area contributed by atoms with Gasteiger partial charge >= 0.3 is 0 Å². The Balaban J connectivity index is 2.31. The largest absolute Gasteiger partial charge is 0.396 e. The zero-order chi connectivity index (χ0) is 12.6. The summed E-state index contributed by atoms with van der Waals surface area (Å²) in [6.07, 6.45) is 3.72. The number of carbonyl (C=O) groups is 1. The molecule has 0 aliphatic heterocycles. The van der Waals surface area contributed by atoms with Crippen LogP contribution in [0.5, 0.6) is 0 Å². The summed E-state index contributed by atoms with van der Waals surface area (Å²) in [6.45, 7) is 8.29. The van der Waals surface area contributed by atoms with Crippen molar-refractivity contribution in [3.8, 4) is 0 Å². The van der Waals surface area contributed by atoms with E-state index >= 15 is 0 Å². The number of aliphatic hydroxyl groups excluding tert-OH is 1. The Morgan fingerprint density at radius 2 is 2.12 bits per heavy atom. The van der Waals surface area contributed by atoms with Gasteiger partial charge in [0.25, 0.3) is 0 Å². The molecule has 2 rings (SSSR count). The number of hydrogen-bond donors (Lipinski definition) is 1. The fraction of sp³-hybridized carbons (Fsp3) is 0.667. The highest BCUT2D eigenvalue weighted by molar-refractivity contribution is 5.98. The van der Waals surface area contributed by atoms with E-state index in [1.807, 2.05) is 6.92 Å². The summed E-state index contributed by atoms with van der Waals surface area (Å²) in [6, 6.07) is 0. The molecule has 0 radical (unpaired) electrons. The minimum absolute atomic E-state index is 0.206. The van der Waals surface area contributed by atoms with Crippen molar-refractivity contribution in [2.24, 2.45) is 17.8 Å². The van der Waals surface area contributed by atoms with Crippen molar-refractivity contribution in [3.05, 3.63) is 23.3 Å². The maximum atomic E-state index is 11.8. The Bertz CT molecular complexity index is 378. The molecule has 0 saturated heterocycles. The number of Topliss-reactive ketones (excluding diaryl/α,β-unsaturated/α-hetero) is 1. The fourth-order valence-corrected chi connectivity index (χ4v) is 3.31. The number of carbonyl (C=O) groups excluding carboxylic acids is 1. The second-order valence-corrected chi connectivity index (χ2v) is 5.65. The van der Waals surface area contributed by atoms with Crippen molar-refractivity contribution >= 4 is 5.78 Å². The van der Waals surface area contributed by atoms with Gasteiger partial charge in [0.15, 0.2) is 5.78 Å². The number of aliphatic hydroxyl groups is 1. The van der Waals surface area contributed by atoms with Crippen LogP contribution in [0.1, 0.15) is 39.5 Å². The molecule has 0 heterocycles. The molecular weight excluding hydrogens is 212 g/mol. The Kier molecular flexibility index (Phi) is 3.53. The van der Waals surface area contributed by atoms with Crippen LogP contribution in [-0.2, 0) is 4.79 Å². The summed E-state index contributed by atoms with van der Waals surface area (Å²) in [7, 11) is 0. The maximum Gasteiger partial charge on any atom is 0.159 e. The number of hydrogen-bond acceptors (Lipinski definition) is 2. The van der Waals surface area contributed by atoms with Gasteiger partial charge in [0.2, 0.25) is 0 Å². The summed E-state index contributed by atoms with van der Waals surface area (Å²) in [5, 5.41) is 9.50. The third kappa shape index (κ3) is 2.23. The number of ketones is 1. The Morgan fingerprint density at radius 3 is 2.71 bits per heavy atom. The smallest absolute Gasteiger partial charge is 0.159 e. The number of rotatable bonds is 2. The van der Waals surface area contributed by atoms with Crippen LogP contribution in [0.3, 0.4) is 0 Å². The molecule has 17 heavy (non-hydrogen) atoms. The van der Waals surface area contributed by atoms with Crippen molar-refractivity contribution in [2.75, 3.05) is 6.61 Å². The third-order valence-electron chi connectivity index (χ3n) is 4.61. The quantitative estimate of drug-likeness (QED) is 0.746. The molecule has 3 unspecified atom stereocenters. The van der Waals surface area contributed by atoms with Crippen LogP contribution in [0.25, 0.3) is 0 Å². The van der Waals surface area contributed by atoms with Gasteiger partial charge in [-0.2, -0.15) is 0 Å². The Morgan fingerprint density at radius 1 is 1.41 bits per heavy atom. The first kappa shape index (κ1) is 12.6. The van der Waals surface area contributed by atoms with E-state index in [4.69, 9.17) is 0 Å². The molecule has 0 amide bonds. The zero-order valence-corrected chi connectivity index (χ0v) is 10.8. The van der Waals surface area contributed by atoms with E-state index in [1.54, 1.807) is 0 Å². The molecule has 0 bridgehead atoms. The van der Waals surface area contributed by atoms with E-state index in [9.17, 15) is 9.90 Å². The van der Waals surface area contributed by atoms with E-state index in [0.717, 1.165) is 24.8 Å². The van der Waals surface area contributed by atoms with Gasteiger partial charge in [-0.05, 0) is 56.4 Å². The lowest BCUT2D eigenvalue weighted by Crippen LogP contribution is -2.17. The van der Waals surface area contributed by atoms with Gasteiger partial charge in [-0.1, -0.05) is 17.7 Å². The molecule has 2 aliphatic carbocycles. The van der Waals surface area contributed by atoms with Crippen molar-refractivity contribution in [1.82, 2.24) is 0 Å². The van der Waals surface area contributed by atoms with Gasteiger partial charge < -0.3 is 5.11 Å². The van der Waals surface area contributed by atoms with Gasteiger partial charge in [0.1, 0.15) is 0 Å². The lowest BCUT2D eigenvalue weighted by atomic mass is 9.85. The first-order valence-electron chi connectivity index (χ1n) is 6.53. The van der Waals surface area contributed by atoms with E-state index in [-0.39, 0.29) is 18.3 Å². The molecule has 0 aromatic carbocycles. The van der Waals surface area contributed by atoms with Crippen molar-refractivity contribution in [2.45, 2.75) is 39.5 Å². The Hall–Kier alpha value is -0.890. The standard InChI is InChI=1S/C15H22O2/c1-9(2)11-4-5-12(8-16)14-7-15(17)10(3)13(14)6-11/h11-12,14,16H,1,4-8H2,2-3H3. The van der Waals surface area contributed by atoms with Gasteiger partial charge in [-0.25, -0.2) is 0 Å². The molecule has 1 saturated carbocycles. The van der Waals surface area contributed by atoms with E-state index < -0.39 is 0 Å². The van der Waals surface area contributed by atoms with E-state index in [2.05, 4.69) is 13.5 Å². The minimum atomic E-state index is 0.206. The van der Waals surface area contributed by atoms with E-state index in [1.165, 1.54) is 11.1 Å². The van der Waals surface area contributed by atoms with Crippen molar-refractivity contribution in [1.29, 1.82) is 0 Å². The van der Waals surface area contributed by atoms with Gasteiger partial charge in [0, 0.05) is 13.0 Å². The topological polar surface area (TPSA) is 37.3 Å². The van der Waals surface area contributed by atoms with Crippen LogP contribution in [0.4, 0.5) is 0 Å². The van der Waals surface area contributed by atoms with Crippen LogP contribution in [0, 0.1) is 17.8 Å². The maximum absolute atomic E-state index is 11.8. The normalized spacial score (nSPS) is 33.6. The number of allylic oxidation sites excluding steroid dienone is 3. The average molecular weight is 234 g/mol. The molecule has 1 fully saturated rings. The minimum Gasteiger partial charge on any atom is -0.396 e. The highest BCUT2D eigenvalue weighted by atomic mass is 16.3. The van der Waals surface area contributed by atoms with Crippen molar-refractivity contribution < 1.29 is 9.90 Å². The number of fused-ring (bicyclic) bond motifs is 1. The van der Waals surface area contributed by atoms with Gasteiger partial charge in [0.05, 0.1) is 0 Å². The summed E-state index contributed by atoms with van der Waals surface area (Å²) < 4.78 is 0. The molecule has 1 N–H and O–H groups in total. The summed E-state index contributed by atoms with van der Waals surface area (Å²) >= 11 is 0. The third-order valence-corrected chi connectivity index (χ3v) is 4.61. The zero-order valence-electron chi connectivity index (χ0n) is 10.8. The lowest BCUT2D eigenvalue weighted by Gasteiger charge is -2.20. The van der Waals surface area contributed by atoms with Gasteiger partial charge in [-0.15, -0.1) is 0 Å². The molecule has 2 nitrogen and oxygen atoms in total. The predicted octanol–water partition coefficient (Wildman–Crippen LogP) is 2.88. The van der Waals surface area contributed by atoms with Crippen molar-refractivity contribution in [3.63, 3.8) is 0 Å². The van der Waals surface area contributed by atoms with Crippen LogP contribution in [0.2, 0.25) is 0 Å². The predicted molar refractivity (Wildman–Crippen MR) is 68.5 cm³/mol. The monoisotopic (exact) mass is 234 g/mol. The molecule has 3 atom stereocenters.